The molecule has 0 bridgehead atoms. The predicted octanol–water partition coefficient (Wildman–Crippen LogP) is -20.7. The first-order chi connectivity index (χ1) is 5.00. The molecule has 0 saturated carbocycles. The monoisotopic (exact) mass is 335 g/mol. The van der Waals surface area contributed by atoms with Gasteiger partial charge in [0.1, 0.15) is 0 Å². The van der Waals surface area contributed by atoms with E-state index in [2.05, 4.69) is 28.7 Å². The fourth-order valence-corrected chi connectivity index (χ4v) is 0. The third-order valence-corrected chi connectivity index (χ3v) is 0. The molecule has 0 radical (unpaired) electrons. The second kappa shape index (κ2) is 1980. The van der Waals surface area contributed by atoms with Crippen molar-refractivity contribution in [3.63, 3.8) is 0 Å². The second-order valence-electron chi connectivity index (χ2n) is 0. The lowest BCUT2D eigenvalue weighted by atomic mass is 11.6. The van der Waals surface area contributed by atoms with Crippen LogP contribution in [-0.2, 0) is 0 Å². The van der Waals surface area contributed by atoms with Gasteiger partial charge in [0.2, 0.25) is 0 Å². The number of halogens is 5. The predicted molar refractivity (Wildman–Crippen MR) is 44.1 cm³/mol. The first-order valence-corrected chi connectivity index (χ1v) is 3.54. The highest BCUT2D eigenvalue weighted by atomic mass is 35.5. The summed E-state index contributed by atoms with van der Waals surface area (Å²) in [5.74, 6) is 0. The summed E-state index contributed by atoms with van der Waals surface area (Å²) in [7, 11) is 8.75. The molecule has 0 aromatic carbocycles. The average Bonchev–Trinajstić information content (AvgIpc) is 2.20. The topological polar surface area (TPSA) is 138 Å². The SMILES string of the molecule is C[NH3+].C[NH3+].C[NH3+].C[NH3+].C[NH3+].[Cl-].[Cl-].[Cl-].[Cl-].[Cl-]. The molecule has 110 valence electrons. The van der Waals surface area contributed by atoms with Crippen LogP contribution in [0.3, 0.4) is 0 Å². The van der Waals surface area contributed by atoms with Crippen molar-refractivity contribution in [2.45, 2.75) is 0 Å². The van der Waals surface area contributed by atoms with Crippen LogP contribution >= 0.6 is 0 Å². The van der Waals surface area contributed by atoms with Crippen LogP contribution in [0.1, 0.15) is 0 Å². The van der Waals surface area contributed by atoms with Gasteiger partial charge in [-0.15, -0.1) is 0 Å². The fourth-order valence-electron chi connectivity index (χ4n) is 0. The van der Waals surface area contributed by atoms with Crippen LogP contribution in [0.5, 0.6) is 0 Å². The van der Waals surface area contributed by atoms with E-state index >= 15 is 0 Å². The van der Waals surface area contributed by atoms with E-state index in [0.717, 1.165) is 0 Å². The van der Waals surface area contributed by atoms with Gasteiger partial charge in [-0.3, -0.25) is 0 Å². The Morgan fingerprint density at radius 2 is 0.267 bits per heavy atom. The Labute approximate surface area is 126 Å². The van der Waals surface area contributed by atoms with Gasteiger partial charge in [-0.1, -0.05) is 0 Å². The van der Waals surface area contributed by atoms with Crippen molar-refractivity contribution in [3.05, 3.63) is 0 Å². The van der Waals surface area contributed by atoms with Crippen LogP contribution in [0.15, 0.2) is 0 Å². The van der Waals surface area contributed by atoms with E-state index in [1.807, 2.05) is 0 Å². The summed E-state index contributed by atoms with van der Waals surface area (Å²) in [5.41, 5.74) is 16.2. The molecular weight excluding hydrogens is 307 g/mol. The summed E-state index contributed by atoms with van der Waals surface area (Å²) in [6.07, 6.45) is 0. The minimum absolute atomic E-state index is 0. The lowest BCUT2D eigenvalue weighted by molar-refractivity contribution is -0.325. The van der Waals surface area contributed by atoms with Crippen LogP contribution in [-0.4, -0.2) is 35.2 Å². The summed E-state index contributed by atoms with van der Waals surface area (Å²) < 4.78 is 0. The zero-order chi connectivity index (χ0) is 10.0. The van der Waals surface area contributed by atoms with Gasteiger partial charge in [-0.05, 0) is 0 Å². The molecular formula is C5H30Cl5N5. The smallest absolute Gasteiger partial charge is 0.0634 e. The molecule has 0 aromatic heterocycles. The first-order valence-electron chi connectivity index (χ1n) is 3.54. The summed E-state index contributed by atoms with van der Waals surface area (Å²) in [5, 5.41) is 0. The minimum Gasteiger partial charge on any atom is -1.00 e. The van der Waals surface area contributed by atoms with Gasteiger partial charge in [0.25, 0.3) is 0 Å². The zero-order valence-electron chi connectivity index (χ0n) is 10.4. The molecule has 0 aliphatic carbocycles. The van der Waals surface area contributed by atoms with Gasteiger partial charge in [0.05, 0.1) is 35.2 Å². The van der Waals surface area contributed by atoms with Gasteiger partial charge in [-0.25, -0.2) is 0 Å². The Balaban J connectivity index is -0.00000000240. The third kappa shape index (κ3) is 1710. The van der Waals surface area contributed by atoms with Gasteiger partial charge >= 0.3 is 0 Å². The Kier molecular flexibility index (Phi) is 12800. The van der Waals surface area contributed by atoms with Crippen molar-refractivity contribution in [2.24, 2.45) is 0 Å². The van der Waals surface area contributed by atoms with E-state index in [9.17, 15) is 0 Å². The molecule has 0 aliphatic rings. The lowest BCUT2D eigenvalue weighted by Gasteiger charge is -1.17. The second-order valence-corrected chi connectivity index (χ2v) is 0. The molecule has 0 unspecified atom stereocenters. The highest BCUT2D eigenvalue weighted by Gasteiger charge is 0.882. The first kappa shape index (κ1) is 96.7. The summed E-state index contributed by atoms with van der Waals surface area (Å²) in [4.78, 5) is 0. The lowest BCUT2D eigenvalue weighted by Crippen LogP contribution is -3.00. The number of quaternary nitrogens is 5. The highest BCUT2D eigenvalue weighted by molar-refractivity contribution is 3.08. The van der Waals surface area contributed by atoms with Crippen molar-refractivity contribution in [3.8, 4) is 0 Å². The summed E-state index contributed by atoms with van der Waals surface area (Å²) in [6.45, 7) is 0. The molecule has 0 atom stereocenters. The van der Waals surface area contributed by atoms with Crippen LogP contribution < -0.4 is 90.7 Å². The van der Waals surface area contributed by atoms with Gasteiger partial charge in [-0.2, -0.15) is 0 Å². The van der Waals surface area contributed by atoms with Gasteiger partial charge in [0.15, 0.2) is 0 Å². The molecule has 0 heterocycles. The van der Waals surface area contributed by atoms with Crippen LogP contribution in [0.2, 0.25) is 0 Å². The van der Waals surface area contributed by atoms with Gasteiger partial charge in [0, 0.05) is 0 Å². The van der Waals surface area contributed by atoms with E-state index in [-0.39, 0.29) is 62.0 Å². The van der Waals surface area contributed by atoms with Gasteiger partial charge < -0.3 is 90.7 Å². The Morgan fingerprint density at radius 1 is 0.267 bits per heavy atom. The number of rotatable bonds is 0. The van der Waals surface area contributed by atoms with Crippen molar-refractivity contribution in [2.75, 3.05) is 35.2 Å². The molecule has 0 aliphatic heterocycles. The normalized spacial score (nSPS) is 2.00. The van der Waals surface area contributed by atoms with Crippen molar-refractivity contribution < 1.29 is 90.7 Å². The van der Waals surface area contributed by atoms with E-state index in [4.69, 9.17) is 0 Å². The average molecular weight is 338 g/mol. The van der Waals surface area contributed by atoms with Crippen molar-refractivity contribution in [1.29, 1.82) is 0 Å². The molecule has 0 rings (SSSR count). The zero-order valence-corrected chi connectivity index (χ0v) is 14.2. The minimum atomic E-state index is 0. The maximum Gasteiger partial charge on any atom is 0.0634 e. The molecule has 5 nitrogen and oxygen atoms in total. The van der Waals surface area contributed by atoms with E-state index in [1.54, 1.807) is 35.2 Å². The molecule has 0 fully saturated rings. The standard InChI is InChI=1S/5CH5N.5ClH/c5*1-2;;;;;/h5*2H2,1H3;5*1H. The number of hydrogen-bond donors (Lipinski definition) is 5. The molecule has 0 spiro atoms. The van der Waals surface area contributed by atoms with E-state index < -0.39 is 0 Å². The molecule has 15 heavy (non-hydrogen) atoms. The Bertz CT molecular complexity index is 23.8. The molecule has 15 N–H and O–H groups in total. The summed E-state index contributed by atoms with van der Waals surface area (Å²) in [6, 6.07) is 0. The summed E-state index contributed by atoms with van der Waals surface area (Å²) >= 11 is 0. The van der Waals surface area contributed by atoms with E-state index in [1.165, 1.54) is 0 Å². The Hall–Kier alpha value is 1.25. The van der Waals surface area contributed by atoms with Crippen LogP contribution in [0.4, 0.5) is 0 Å². The van der Waals surface area contributed by atoms with Crippen LogP contribution in [0.25, 0.3) is 0 Å². The maximum atomic E-state index is 3.25. The molecule has 0 saturated heterocycles. The van der Waals surface area contributed by atoms with Crippen molar-refractivity contribution >= 4 is 0 Å². The highest BCUT2D eigenvalue weighted by Crippen LogP contribution is 0.258. The quantitative estimate of drug-likeness (QED) is 0.287. The fraction of sp³-hybridized carbons (Fsp3) is 1.00. The largest absolute Gasteiger partial charge is 1.00 e. The van der Waals surface area contributed by atoms with Crippen LogP contribution in [0, 0.1) is 0 Å². The molecule has 0 amide bonds. The maximum absolute atomic E-state index is 3.25. The molecule has 10 heteroatoms. The third-order valence-electron chi connectivity index (χ3n) is 0. The number of hydrogen-bond acceptors (Lipinski definition) is 0. The van der Waals surface area contributed by atoms with E-state index in [0.29, 0.717) is 0 Å². The van der Waals surface area contributed by atoms with Crippen molar-refractivity contribution in [1.82, 2.24) is 0 Å². The molecule has 0 aromatic rings. The Morgan fingerprint density at radius 3 is 0.267 bits per heavy atom.